The van der Waals surface area contributed by atoms with Gasteiger partial charge in [-0.1, -0.05) is 17.3 Å². The maximum absolute atomic E-state index is 12.9. The van der Waals surface area contributed by atoms with Gasteiger partial charge < -0.3 is 19.7 Å². The highest BCUT2D eigenvalue weighted by molar-refractivity contribution is 5.91. The number of nitrogens with one attached hydrogen (secondary N) is 1. The monoisotopic (exact) mass is 371 g/mol. The second kappa shape index (κ2) is 7.96. The lowest BCUT2D eigenvalue weighted by Crippen LogP contribution is -2.43. The molecule has 1 fully saturated rings. The Labute approximate surface area is 158 Å². The third-order valence-corrected chi connectivity index (χ3v) is 5.07. The molecule has 0 radical (unpaired) electrons. The van der Waals surface area contributed by atoms with Crippen LogP contribution >= 0.6 is 0 Å². The zero-order valence-corrected chi connectivity index (χ0v) is 15.5. The highest BCUT2D eigenvalue weighted by Gasteiger charge is 2.27. The number of amides is 1. The molecule has 1 aromatic carbocycles. The molecule has 1 atom stereocenters. The Hall–Kier alpha value is -2.61. The van der Waals surface area contributed by atoms with Crippen LogP contribution in [0.2, 0.25) is 0 Å². The molecule has 1 aromatic heterocycles. The molecule has 144 valence electrons. The third kappa shape index (κ3) is 3.90. The fraction of sp³-hybridized carbons (Fsp3) is 0.526. The first kappa shape index (κ1) is 17.8. The molecule has 0 spiro atoms. The summed E-state index contributed by atoms with van der Waals surface area (Å²) >= 11 is 0. The number of benzene rings is 1. The Kier molecular flexibility index (Phi) is 5.24. The van der Waals surface area contributed by atoms with E-state index in [-0.39, 0.29) is 12.0 Å². The molecule has 3 heterocycles. The van der Waals surface area contributed by atoms with E-state index in [0.717, 1.165) is 31.7 Å². The van der Waals surface area contributed by atoms with Gasteiger partial charge in [-0.3, -0.25) is 4.79 Å². The quantitative estimate of drug-likeness (QED) is 0.858. The van der Waals surface area contributed by atoms with Crippen molar-refractivity contribution in [2.45, 2.75) is 31.9 Å². The van der Waals surface area contributed by atoms with E-state index in [1.54, 1.807) is 11.1 Å². The zero-order valence-electron chi connectivity index (χ0n) is 15.5. The Morgan fingerprint density at radius 1 is 1.30 bits per heavy atom. The third-order valence-electron chi connectivity index (χ3n) is 5.07. The van der Waals surface area contributed by atoms with Crippen LogP contribution in [-0.2, 0) is 0 Å². The van der Waals surface area contributed by atoms with E-state index in [2.05, 4.69) is 15.6 Å². The van der Waals surface area contributed by atoms with Gasteiger partial charge in [-0.15, -0.1) is 5.10 Å². The van der Waals surface area contributed by atoms with Crippen molar-refractivity contribution in [3.05, 3.63) is 36.2 Å². The summed E-state index contributed by atoms with van der Waals surface area (Å²) in [7, 11) is 0. The second-order valence-electron chi connectivity index (χ2n) is 6.91. The summed E-state index contributed by atoms with van der Waals surface area (Å²) in [6, 6.07) is 7.89. The molecule has 2 aliphatic rings. The van der Waals surface area contributed by atoms with Crippen LogP contribution in [0.25, 0.3) is 0 Å². The van der Waals surface area contributed by atoms with Gasteiger partial charge in [-0.2, -0.15) is 0 Å². The van der Waals surface area contributed by atoms with Gasteiger partial charge in [0.05, 0.1) is 18.8 Å². The van der Waals surface area contributed by atoms with Crippen molar-refractivity contribution < 1.29 is 14.3 Å². The molecule has 8 nitrogen and oxygen atoms in total. The molecule has 27 heavy (non-hydrogen) atoms. The highest BCUT2D eigenvalue weighted by Crippen LogP contribution is 2.31. The zero-order chi connectivity index (χ0) is 18.6. The highest BCUT2D eigenvalue weighted by atomic mass is 16.6. The van der Waals surface area contributed by atoms with Crippen molar-refractivity contribution in [3.8, 4) is 11.5 Å². The van der Waals surface area contributed by atoms with Crippen LogP contribution in [0.15, 0.2) is 30.5 Å². The molecule has 4 rings (SSSR count). The average molecular weight is 371 g/mol. The van der Waals surface area contributed by atoms with Crippen molar-refractivity contribution in [2.24, 2.45) is 0 Å². The molecule has 1 amide bonds. The first-order valence-corrected chi connectivity index (χ1v) is 9.55. The minimum absolute atomic E-state index is 0.125. The molecular weight excluding hydrogens is 346 g/mol. The number of hydrogen-bond acceptors (Lipinski definition) is 6. The summed E-state index contributed by atoms with van der Waals surface area (Å²) < 4.78 is 13.6. The summed E-state index contributed by atoms with van der Waals surface area (Å²) in [4.78, 5) is 14.6. The van der Waals surface area contributed by atoms with Gasteiger partial charge in [0.15, 0.2) is 23.3 Å². The molecule has 0 bridgehead atoms. The molecule has 2 aromatic rings. The predicted molar refractivity (Wildman–Crippen MR) is 99.1 cm³/mol. The van der Waals surface area contributed by atoms with E-state index in [9.17, 15) is 4.79 Å². The van der Waals surface area contributed by atoms with E-state index in [1.807, 2.05) is 35.9 Å². The standard InChI is InChI=1S/C19H25N5O3/c1-2-23(11-15-13-26-17-5-3-4-6-18(17)27-15)19(25)16-12-24(22-21-16)14-7-9-20-10-8-14/h3-6,12,14-15,20H,2,7-11,13H2,1H3. The van der Waals surface area contributed by atoms with Gasteiger partial charge in [0.1, 0.15) is 6.61 Å². The predicted octanol–water partition coefficient (Wildman–Crippen LogP) is 1.50. The van der Waals surface area contributed by atoms with Crippen molar-refractivity contribution in [1.29, 1.82) is 0 Å². The topological polar surface area (TPSA) is 81.5 Å². The maximum atomic E-state index is 12.9. The smallest absolute Gasteiger partial charge is 0.276 e. The van der Waals surface area contributed by atoms with Gasteiger partial charge in [0.2, 0.25) is 0 Å². The van der Waals surface area contributed by atoms with Gasteiger partial charge in [-0.05, 0) is 45.0 Å². The van der Waals surface area contributed by atoms with Gasteiger partial charge in [-0.25, -0.2) is 4.68 Å². The summed E-state index contributed by atoms with van der Waals surface area (Å²) in [6.45, 7) is 5.32. The Morgan fingerprint density at radius 3 is 2.85 bits per heavy atom. The van der Waals surface area contributed by atoms with E-state index < -0.39 is 0 Å². The van der Waals surface area contributed by atoms with Gasteiger partial charge >= 0.3 is 0 Å². The van der Waals surface area contributed by atoms with Gasteiger partial charge in [0, 0.05) is 6.54 Å². The van der Waals surface area contributed by atoms with Crippen molar-refractivity contribution in [2.75, 3.05) is 32.8 Å². The Bertz CT molecular complexity index is 787. The van der Waals surface area contributed by atoms with Crippen LogP contribution in [0.3, 0.4) is 0 Å². The fourth-order valence-corrected chi connectivity index (χ4v) is 3.54. The number of carbonyl (C=O) groups excluding carboxylic acids is 1. The number of rotatable bonds is 5. The minimum atomic E-state index is -0.205. The van der Waals surface area contributed by atoms with Crippen molar-refractivity contribution in [1.82, 2.24) is 25.2 Å². The number of aromatic nitrogens is 3. The second-order valence-corrected chi connectivity index (χ2v) is 6.91. The molecule has 2 aliphatic heterocycles. The molecule has 0 aliphatic carbocycles. The summed E-state index contributed by atoms with van der Waals surface area (Å²) in [5.41, 5.74) is 0.382. The molecule has 1 unspecified atom stereocenters. The van der Waals surface area contributed by atoms with Crippen LogP contribution < -0.4 is 14.8 Å². The molecule has 1 saturated heterocycles. The lowest BCUT2D eigenvalue weighted by molar-refractivity contribution is 0.0471. The van der Waals surface area contributed by atoms with E-state index in [1.165, 1.54) is 0 Å². The summed E-state index contributed by atoms with van der Waals surface area (Å²) in [5, 5.41) is 11.6. The van der Waals surface area contributed by atoms with Crippen molar-refractivity contribution in [3.63, 3.8) is 0 Å². The number of piperidine rings is 1. The van der Waals surface area contributed by atoms with E-state index in [4.69, 9.17) is 9.47 Å². The number of ether oxygens (including phenoxy) is 2. The number of nitrogens with zero attached hydrogens (tertiary/aromatic N) is 4. The normalized spacial score (nSPS) is 19.7. The average Bonchev–Trinajstić information content (AvgIpc) is 3.22. The van der Waals surface area contributed by atoms with Crippen LogP contribution in [0, 0.1) is 0 Å². The maximum Gasteiger partial charge on any atom is 0.276 e. The lowest BCUT2D eigenvalue weighted by Gasteiger charge is -2.30. The first-order chi connectivity index (χ1) is 13.2. The number of para-hydroxylation sites is 2. The van der Waals surface area contributed by atoms with Crippen LogP contribution in [-0.4, -0.2) is 64.7 Å². The molecule has 1 N–H and O–H groups in total. The molecular formula is C19H25N5O3. The van der Waals surface area contributed by atoms with Gasteiger partial charge in [0.25, 0.3) is 5.91 Å². The van der Waals surface area contributed by atoms with Crippen LogP contribution in [0.1, 0.15) is 36.3 Å². The van der Waals surface area contributed by atoms with E-state index >= 15 is 0 Å². The minimum Gasteiger partial charge on any atom is -0.486 e. The van der Waals surface area contributed by atoms with E-state index in [0.29, 0.717) is 37.2 Å². The summed E-state index contributed by atoms with van der Waals surface area (Å²) in [6.07, 6.45) is 3.57. The lowest BCUT2D eigenvalue weighted by atomic mass is 10.1. The molecule has 8 heteroatoms. The Morgan fingerprint density at radius 2 is 2.07 bits per heavy atom. The van der Waals surface area contributed by atoms with Crippen LogP contribution in [0.5, 0.6) is 11.5 Å². The van der Waals surface area contributed by atoms with Crippen LogP contribution in [0.4, 0.5) is 0 Å². The number of fused-ring (bicyclic) bond motifs is 1. The largest absolute Gasteiger partial charge is 0.486 e. The van der Waals surface area contributed by atoms with Crippen molar-refractivity contribution >= 4 is 5.91 Å². The SMILES string of the molecule is CCN(CC1COc2ccccc2O1)C(=O)c1cn(C2CCNCC2)nn1. The fourth-order valence-electron chi connectivity index (χ4n) is 3.54. The summed E-state index contributed by atoms with van der Waals surface area (Å²) in [5.74, 6) is 1.34. The number of carbonyl (C=O) groups is 1. The number of hydrogen-bond donors (Lipinski definition) is 1. The Balaban J connectivity index is 1.40. The molecule has 0 saturated carbocycles. The first-order valence-electron chi connectivity index (χ1n) is 9.55. The number of likely N-dealkylation sites (N-methyl/N-ethyl adjacent to an activating group) is 1.